The Labute approximate surface area is 72.8 Å². The van der Waals surface area contributed by atoms with Gasteiger partial charge in [0.15, 0.2) is 0 Å². The van der Waals surface area contributed by atoms with E-state index in [1.54, 1.807) is 13.0 Å². The highest BCUT2D eigenvalue weighted by Crippen LogP contribution is 2.05. The molecule has 12 heavy (non-hydrogen) atoms. The van der Waals surface area contributed by atoms with Gasteiger partial charge in [-0.3, -0.25) is 0 Å². The van der Waals surface area contributed by atoms with Crippen molar-refractivity contribution in [1.82, 2.24) is 5.32 Å². The van der Waals surface area contributed by atoms with Crippen molar-refractivity contribution in [1.29, 1.82) is 0 Å². The molecule has 0 fully saturated rings. The van der Waals surface area contributed by atoms with E-state index in [2.05, 4.69) is 11.9 Å². The molecule has 0 aromatic heterocycles. The third kappa shape index (κ3) is 3.23. The monoisotopic (exact) mass is 169 g/mol. The summed E-state index contributed by atoms with van der Waals surface area (Å²) in [5.74, 6) is -0.855. The van der Waals surface area contributed by atoms with Gasteiger partial charge in [-0.2, -0.15) is 0 Å². The molecule has 2 N–H and O–H groups in total. The molecule has 0 spiro atoms. The molecule has 0 saturated heterocycles. The molecular weight excluding hydrogens is 154 g/mol. The normalized spacial score (nSPS) is 11.8. The average Bonchev–Trinajstić information content (AvgIpc) is 2.01. The molecule has 3 heteroatoms. The van der Waals surface area contributed by atoms with Gasteiger partial charge in [-0.1, -0.05) is 13.0 Å². The minimum absolute atomic E-state index is 0.428. The van der Waals surface area contributed by atoms with Crippen LogP contribution in [0.25, 0.3) is 0 Å². The van der Waals surface area contributed by atoms with E-state index in [9.17, 15) is 4.79 Å². The van der Waals surface area contributed by atoms with E-state index < -0.39 is 5.97 Å². The van der Waals surface area contributed by atoms with Gasteiger partial charge in [0.05, 0.1) is 5.57 Å². The number of nitrogens with one attached hydrogen (secondary N) is 1. The first-order valence-corrected chi connectivity index (χ1v) is 3.91. The average molecular weight is 169 g/mol. The van der Waals surface area contributed by atoms with Crippen molar-refractivity contribution in [2.24, 2.45) is 0 Å². The van der Waals surface area contributed by atoms with Crippen molar-refractivity contribution in [3.05, 3.63) is 23.9 Å². The fraction of sp³-hybridized carbons (Fsp3) is 0.444. The zero-order valence-electron chi connectivity index (χ0n) is 7.55. The molecule has 0 aromatic carbocycles. The number of aliphatic carboxylic acids is 1. The highest BCUT2D eigenvalue weighted by molar-refractivity contribution is 5.87. The Balaban J connectivity index is 4.37. The summed E-state index contributed by atoms with van der Waals surface area (Å²) in [6, 6.07) is 0. The highest BCUT2D eigenvalue weighted by atomic mass is 16.4. The fourth-order valence-electron chi connectivity index (χ4n) is 0.909. The molecule has 0 bridgehead atoms. The quantitative estimate of drug-likeness (QED) is 0.484. The summed E-state index contributed by atoms with van der Waals surface area (Å²) in [6.07, 6.45) is 2.23. The molecular formula is C9H15NO2. The van der Waals surface area contributed by atoms with Crippen LogP contribution in [0.1, 0.15) is 20.3 Å². The number of hydrogen-bond acceptors (Lipinski definition) is 2. The maximum atomic E-state index is 10.6. The highest BCUT2D eigenvalue weighted by Gasteiger charge is 2.07. The Morgan fingerprint density at radius 3 is 2.58 bits per heavy atom. The van der Waals surface area contributed by atoms with Gasteiger partial charge in [-0.25, -0.2) is 4.79 Å². The van der Waals surface area contributed by atoms with Crippen molar-refractivity contribution < 1.29 is 9.90 Å². The van der Waals surface area contributed by atoms with E-state index in [1.165, 1.54) is 0 Å². The van der Waals surface area contributed by atoms with E-state index >= 15 is 0 Å². The van der Waals surface area contributed by atoms with Crippen LogP contribution in [0.5, 0.6) is 0 Å². The standard InChI is InChI=1S/C9H15NO2/c1-4-6-10-7(3)8(5-2)9(11)12/h4,10H,1,5-6H2,2-3H3,(H,11,12). The number of allylic oxidation sites excluding steroid dienone is 1. The Morgan fingerprint density at radius 2 is 2.25 bits per heavy atom. The zero-order chi connectivity index (χ0) is 9.56. The lowest BCUT2D eigenvalue weighted by Crippen LogP contribution is -2.16. The van der Waals surface area contributed by atoms with Crippen LogP contribution in [0, 0.1) is 0 Å². The van der Waals surface area contributed by atoms with Crippen LogP contribution >= 0.6 is 0 Å². The predicted octanol–water partition coefficient (Wildman–Crippen LogP) is 1.53. The van der Waals surface area contributed by atoms with Gasteiger partial charge in [0.1, 0.15) is 0 Å². The molecule has 68 valence electrons. The number of carbonyl (C=O) groups is 1. The van der Waals surface area contributed by atoms with E-state index in [0.29, 0.717) is 24.2 Å². The Kier molecular flexibility index (Phi) is 4.84. The molecule has 0 aliphatic rings. The first kappa shape index (κ1) is 10.8. The van der Waals surface area contributed by atoms with Crippen LogP contribution < -0.4 is 5.32 Å². The van der Waals surface area contributed by atoms with Gasteiger partial charge in [-0.05, 0) is 13.3 Å². The van der Waals surface area contributed by atoms with Crippen molar-refractivity contribution in [2.75, 3.05) is 6.54 Å². The Hall–Kier alpha value is -1.25. The van der Waals surface area contributed by atoms with E-state index in [1.807, 2.05) is 6.92 Å². The van der Waals surface area contributed by atoms with Crippen LogP contribution in [0.2, 0.25) is 0 Å². The maximum absolute atomic E-state index is 10.6. The second-order valence-corrected chi connectivity index (χ2v) is 2.43. The zero-order valence-corrected chi connectivity index (χ0v) is 7.55. The molecule has 0 unspecified atom stereocenters. The molecule has 0 amide bonds. The summed E-state index contributed by atoms with van der Waals surface area (Å²) in [6.45, 7) is 7.71. The Bertz CT molecular complexity index is 207. The third-order valence-electron chi connectivity index (χ3n) is 1.58. The minimum atomic E-state index is -0.855. The largest absolute Gasteiger partial charge is 0.478 e. The lowest BCUT2D eigenvalue weighted by molar-refractivity contribution is -0.132. The molecule has 0 rings (SSSR count). The number of carboxylic acid groups (broad SMARTS) is 1. The second-order valence-electron chi connectivity index (χ2n) is 2.43. The van der Waals surface area contributed by atoms with Crippen LogP contribution in [0.3, 0.4) is 0 Å². The summed E-state index contributed by atoms with van der Waals surface area (Å²) in [7, 11) is 0. The fourth-order valence-corrected chi connectivity index (χ4v) is 0.909. The van der Waals surface area contributed by atoms with Gasteiger partial charge in [0, 0.05) is 12.2 Å². The van der Waals surface area contributed by atoms with Crippen LogP contribution in [0.4, 0.5) is 0 Å². The molecule has 3 nitrogen and oxygen atoms in total. The summed E-state index contributed by atoms with van der Waals surface area (Å²) in [4.78, 5) is 10.6. The maximum Gasteiger partial charge on any atom is 0.333 e. The second kappa shape index (κ2) is 5.41. The number of hydrogen-bond donors (Lipinski definition) is 2. The van der Waals surface area contributed by atoms with E-state index in [4.69, 9.17) is 5.11 Å². The first-order chi connectivity index (χ1) is 5.63. The molecule has 0 heterocycles. The summed E-state index contributed by atoms with van der Waals surface area (Å²) in [5.41, 5.74) is 1.14. The van der Waals surface area contributed by atoms with Crippen molar-refractivity contribution in [3.63, 3.8) is 0 Å². The summed E-state index contributed by atoms with van der Waals surface area (Å²) < 4.78 is 0. The van der Waals surface area contributed by atoms with E-state index in [-0.39, 0.29) is 0 Å². The van der Waals surface area contributed by atoms with Crippen molar-refractivity contribution >= 4 is 5.97 Å². The van der Waals surface area contributed by atoms with Crippen LogP contribution in [-0.4, -0.2) is 17.6 Å². The predicted molar refractivity (Wildman–Crippen MR) is 48.8 cm³/mol. The molecule has 0 radical (unpaired) electrons. The van der Waals surface area contributed by atoms with Gasteiger partial charge in [-0.15, -0.1) is 6.58 Å². The number of rotatable bonds is 5. The van der Waals surface area contributed by atoms with Crippen LogP contribution in [0.15, 0.2) is 23.9 Å². The van der Waals surface area contributed by atoms with Gasteiger partial charge < -0.3 is 10.4 Å². The molecule has 0 atom stereocenters. The van der Waals surface area contributed by atoms with Gasteiger partial charge >= 0.3 is 5.97 Å². The molecule has 0 aromatic rings. The third-order valence-corrected chi connectivity index (χ3v) is 1.58. The number of carboxylic acids is 1. The minimum Gasteiger partial charge on any atom is -0.478 e. The molecule has 0 saturated carbocycles. The van der Waals surface area contributed by atoms with E-state index in [0.717, 1.165) is 0 Å². The van der Waals surface area contributed by atoms with Crippen molar-refractivity contribution in [2.45, 2.75) is 20.3 Å². The Morgan fingerprint density at radius 1 is 1.67 bits per heavy atom. The summed E-state index contributed by atoms with van der Waals surface area (Å²) in [5, 5.41) is 11.7. The summed E-state index contributed by atoms with van der Waals surface area (Å²) >= 11 is 0. The SMILES string of the molecule is C=CCNC(C)=C(CC)C(=O)O. The molecule has 0 aliphatic carbocycles. The van der Waals surface area contributed by atoms with Crippen LogP contribution in [-0.2, 0) is 4.79 Å². The smallest absolute Gasteiger partial charge is 0.333 e. The lowest BCUT2D eigenvalue weighted by atomic mass is 10.1. The van der Waals surface area contributed by atoms with Crippen molar-refractivity contribution in [3.8, 4) is 0 Å². The lowest BCUT2D eigenvalue weighted by Gasteiger charge is -2.07. The molecule has 0 aliphatic heterocycles. The van der Waals surface area contributed by atoms with Gasteiger partial charge in [0.2, 0.25) is 0 Å². The van der Waals surface area contributed by atoms with Gasteiger partial charge in [0.25, 0.3) is 0 Å². The topological polar surface area (TPSA) is 49.3 Å². The first-order valence-electron chi connectivity index (χ1n) is 3.91.